The van der Waals surface area contributed by atoms with Crippen molar-refractivity contribution in [1.29, 1.82) is 0 Å². The molecule has 0 bridgehead atoms. The molecular weight excluding hydrogens is 394 g/mol. The van der Waals surface area contributed by atoms with Crippen LogP contribution in [0.4, 0.5) is 0 Å². The standard InChI is InChI=1S/C23H27N5OS/c1-2-18-8-10-20(11-9-18)22-24-23(26-25-22)30-17-21(29)28-14-12-27(13-15-28)16-19-6-4-3-5-7-19/h3-11H,2,12-17H2,1H3,(H,24,25,26)/p+1. The number of quaternary nitrogens is 1. The van der Waals surface area contributed by atoms with Crippen LogP contribution >= 0.6 is 11.8 Å². The Bertz CT molecular complexity index is 949. The van der Waals surface area contributed by atoms with Crippen LogP contribution in [0.15, 0.2) is 59.8 Å². The van der Waals surface area contributed by atoms with E-state index in [1.165, 1.54) is 27.8 Å². The normalized spacial score (nSPS) is 14.8. The van der Waals surface area contributed by atoms with Crippen LogP contribution in [0.2, 0.25) is 0 Å². The summed E-state index contributed by atoms with van der Waals surface area (Å²) in [6.07, 6.45) is 1.02. The second-order valence-electron chi connectivity index (χ2n) is 7.60. The summed E-state index contributed by atoms with van der Waals surface area (Å²) in [5.74, 6) is 1.28. The molecule has 4 rings (SSSR count). The summed E-state index contributed by atoms with van der Waals surface area (Å²) in [6, 6.07) is 18.9. The van der Waals surface area contributed by atoms with Crippen molar-refractivity contribution < 1.29 is 9.69 Å². The number of aryl methyl sites for hydroxylation is 1. The number of hydrogen-bond acceptors (Lipinski definition) is 4. The number of hydrogen-bond donors (Lipinski definition) is 2. The van der Waals surface area contributed by atoms with Gasteiger partial charge < -0.3 is 9.80 Å². The van der Waals surface area contributed by atoms with Crippen LogP contribution in [0.25, 0.3) is 11.4 Å². The minimum atomic E-state index is 0.164. The molecule has 1 amide bonds. The fourth-order valence-electron chi connectivity index (χ4n) is 3.69. The van der Waals surface area contributed by atoms with Gasteiger partial charge in [-0.05, 0) is 12.0 Å². The minimum absolute atomic E-state index is 0.164. The zero-order valence-corrected chi connectivity index (χ0v) is 18.1. The lowest BCUT2D eigenvalue weighted by Crippen LogP contribution is -3.13. The van der Waals surface area contributed by atoms with Gasteiger partial charge in [0.25, 0.3) is 0 Å². The van der Waals surface area contributed by atoms with E-state index in [4.69, 9.17) is 0 Å². The molecule has 6 nitrogen and oxygen atoms in total. The number of amides is 1. The molecule has 0 spiro atoms. The Hall–Kier alpha value is -2.64. The molecule has 2 N–H and O–H groups in total. The molecule has 0 saturated carbocycles. The van der Waals surface area contributed by atoms with Gasteiger partial charge in [-0.25, -0.2) is 4.98 Å². The molecule has 2 heterocycles. The average Bonchev–Trinajstić information content (AvgIpc) is 3.28. The van der Waals surface area contributed by atoms with Gasteiger partial charge in [0.05, 0.1) is 31.9 Å². The van der Waals surface area contributed by atoms with E-state index >= 15 is 0 Å². The number of H-pyrrole nitrogens is 1. The molecule has 1 aliphatic rings. The summed E-state index contributed by atoms with van der Waals surface area (Å²) >= 11 is 1.40. The monoisotopic (exact) mass is 422 g/mol. The topological polar surface area (TPSA) is 66.3 Å². The van der Waals surface area contributed by atoms with Crippen LogP contribution in [0.3, 0.4) is 0 Å². The predicted octanol–water partition coefficient (Wildman–Crippen LogP) is 2.05. The Morgan fingerprint density at radius 3 is 2.50 bits per heavy atom. The van der Waals surface area contributed by atoms with Gasteiger partial charge in [-0.1, -0.05) is 73.3 Å². The molecule has 30 heavy (non-hydrogen) atoms. The third-order valence-electron chi connectivity index (χ3n) is 5.55. The molecule has 1 aliphatic heterocycles. The van der Waals surface area contributed by atoms with E-state index in [0.29, 0.717) is 10.9 Å². The number of aromatic nitrogens is 3. The Kier molecular flexibility index (Phi) is 6.81. The number of aromatic amines is 1. The van der Waals surface area contributed by atoms with Crippen molar-refractivity contribution in [1.82, 2.24) is 20.1 Å². The van der Waals surface area contributed by atoms with Gasteiger partial charge in [-0.2, -0.15) is 0 Å². The zero-order valence-electron chi connectivity index (χ0n) is 17.3. The van der Waals surface area contributed by atoms with E-state index in [-0.39, 0.29) is 5.91 Å². The van der Waals surface area contributed by atoms with Gasteiger partial charge in [0, 0.05) is 11.1 Å². The molecule has 2 aromatic carbocycles. The summed E-state index contributed by atoms with van der Waals surface area (Å²) in [5, 5.41) is 7.86. The number of carbonyl (C=O) groups is 1. The highest BCUT2D eigenvalue weighted by Crippen LogP contribution is 2.20. The molecule has 156 valence electrons. The third-order valence-corrected chi connectivity index (χ3v) is 6.38. The van der Waals surface area contributed by atoms with E-state index in [0.717, 1.165) is 50.5 Å². The summed E-state index contributed by atoms with van der Waals surface area (Å²) < 4.78 is 0. The van der Waals surface area contributed by atoms with Crippen molar-refractivity contribution in [3.8, 4) is 11.4 Å². The summed E-state index contributed by atoms with van der Waals surface area (Å²) in [6.45, 7) is 6.76. The van der Waals surface area contributed by atoms with E-state index < -0.39 is 0 Å². The van der Waals surface area contributed by atoms with Gasteiger partial charge >= 0.3 is 0 Å². The highest BCUT2D eigenvalue weighted by atomic mass is 32.2. The second kappa shape index (κ2) is 9.91. The van der Waals surface area contributed by atoms with Gasteiger partial charge in [-0.15, -0.1) is 5.10 Å². The lowest BCUT2D eigenvalue weighted by Gasteiger charge is -2.32. The van der Waals surface area contributed by atoms with E-state index in [1.54, 1.807) is 0 Å². The molecule has 3 aromatic rings. The largest absolute Gasteiger partial charge is 0.331 e. The Labute approximate surface area is 181 Å². The van der Waals surface area contributed by atoms with Crippen molar-refractivity contribution in [3.05, 3.63) is 65.7 Å². The lowest BCUT2D eigenvalue weighted by atomic mass is 10.1. The fraction of sp³-hybridized carbons (Fsp3) is 0.348. The number of nitrogens with zero attached hydrogens (tertiary/aromatic N) is 3. The van der Waals surface area contributed by atoms with Crippen LogP contribution in [0.1, 0.15) is 18.1 Å². The van der Waals surface area contributed by atoms with Crippen LogP contribution in [0, 0.1) is 0 Å². The zero-order chi connectivity index (χ0) is 20.8. The van der Waals surface area contributed by atoms with E-state index in [9.17, 15) is 4.79 Å². The number of rotatable bonds is 7. The first-order valence-electron chi connectivity index (χ1n) is 10.5. The molecule has 1 fully saturated rings. The van der Waals surface area contributed by atoms with Crippen LogP contribution < -0.4 is 4.90 Å². The summed E-state index contributed by atoms with van der Waals surface area (Å²) in [4.78, 5) is 20.7. The quantitative estimate of drug-likeness (QED) is 0.572. The summed E-state index contributed by atoms with van der Waals surface area (Å²) in [5.41, 5.74) is 3.66. The van der Waals surface area contributed by atoms with Gasteiger partial charge in [0.2, 0.25) is 11.1 Å². The molecule has 1 aromatic heterocycles. The molecular formula is C23H28N5OS+. The van der Waals surface area contributed by atoms with E-state index in [1.807, 2.05) is 11.0 Å². The Morgan fingerprint density at radius 1 is 1.07 bits per heavy atom. The third kappa shape index (κ3) is 5.29. The van der Waals surface area contributed by atoms with Crippen LogP contribution in [-0.2, 0) is 17.8 Å². The van der Waals surface area contributed by atoms with Crippen LogP contribution in [0.5, 0.6) is 0 Å². The molecule has 0 radical (unpaired) electrons. The number of piperazine rings is 1. The van der Waals surface area contributed by atoms with Crippen molar-refractivity contribution in [2.75, 3.05) is 31.9 Å². The Morgan fingerprint density at radius 2 is 1.80 bits per heavy atom. The fourth-order valence-corrected chi connectivity index (χ4v) is 4.39. The predicted molar refractivity (Wildman–Crippen MR) is 119 cm³/mol. The maximum absolute atomic E-state index is 12.6. The number of carbonyl (C=O) groups excluding carboxylic acids is 1. The first kappa shape index (κ1) is 20.6. The highest BCUT2D eigenvalue weighted by Gasteiger charge is 2.24. The van der Waals surface area contributed by atoms with Crippen molar-refractivity contribution in [2.24, 2.45) is 0 Å². The van der Waals surface area contributed by atoms with Gasteiger partial charge in [0.15, 0.2) is 5.82 Å². The number of thioether (sulfide) groups is 1. The maximum atomic E-state index is 12.6. The average molecular weight is 423 g/mol. The second-order valence-corrected chi connectivity index (χ2v) is 8.54. The van der Waals surface area contributed by atoms with Gasteiger partial charge in [-0.3, -0.25) is 9.89 Å². The first-order chi connectivity index (χ1) is 14.7. The first-order valence-corrected chi connectivity index (χ1v) is 11.5. The molecule has 0 aliphatic carbocycles. The molecule has 0 atom stereocenters. The Balaban J connectivity index is 1.24. The lowest BCUT2D eigenvalue weighted by molar-refractivity contribution is -0.917. The smallest absolute Gasteiger partial charge is 0.233 e. The molecule has 0 unspecified atom stereocenters. The number of nitrogens with one attached hydrogen (secondary N) is 2. The maximum Gasteiger partial charge on any atom is 0.233 e. The van der Waals surface area contributed by atoms with Crippen LogP contribution in [-0.4, -0.2) is 57.9 Å². The van der Waals surface area contributed by atoms with Crippen molar-refractivity contribution in [3.63, 3.8) is 0 Å². The van der Waals surface area contributed by atoms with Crippen molar-refractivity contribution in [2.45, 2.75) is 25.0 Å². The minimum Gasteiger partial charge on any atom is -0.331 e. The molecule has 1 saturated heterocycles. The van der Waals surface area contributed by atoms with Crippen molar-refractivity contribution >= 4 is 17.7 Å². The highest BCUT2D eigenvalue weighted by molar-refractivity contribution is 7.99. The SMILES string of the molecule is CCc1ccc(-c2nc(SCC(=O)N3CC[NH+](Cc4ccccc4)CC3)n[nH]2)cc1. The van der Waals surface area contributed by atoms with Gasteiger partial charge in [0.1, 0.15) is 6.54 Å². The summed E-state index contributed by atoms with van der Waals surface area (Å²) in [7, 11) is 0. The molecule has 7 heteroatoms. The van der Waals surface area contributed by atoms with E-state index in [2.05, 4.69) is 70.6 Å². The number of benzene rings is 2.